The van der Waals surface area contributed by atoms with E-state index in [4.69, 9.17) is 10.00 Å². The summed E-state index contributed by atoms with van der Waals surface area (Å²) in [6.45, 7) is 1.54. The Morgan fingerprint density at radius 1 is 1.47 bits per heavy atom. The topological polar surface area (TPSA) is 62.0 Å². The van der Waals surface area contributed by atoms with Crippen molar-refractivity contribution in [3.05, 3.63) is 18.0 Å². The molecule has 1 aromatic heterocycles. The van der Waals surface area contributed by atoms with E-state index >= 15 is 0 Å². The Morgan fingerprint density at radius 2 is 2.41 bits per heavy atom. The van der Waals surface area contributed by atoms with Gasteiger partial charge >= 0.3 is 0 Å². The molecule has 0 bridgehead atoms. The van der Waals surface area contributed by atoms with Crippen LogP contribution < -0.4 is 4.90 Å². The first-order chi connectivity index (χ1) is 8.38. The van der Waals surface area contributed by atoms with Crippen molar-refractivity contribution in [3.63, 3.8) is 0 Å². The molecule has 0 radical (unpaired) electrons. The number of hydrogen-bond donors (Lipinski definition) is 0. The van der Waals surface area contributed by atoms with E-state index in [0.717, 1.165) is 26.0 Å². The van der Waals surface area contributed by atoms with Crippen LogP contribution in [0.15, 0.2) is 12.3 Å². The van der Waals surface area contributed by atoms with Crippen LogP contribution in [0.5, 0.6) is 0 Å². The third kappa shape index (κ3) is 1.85. The molecule has 0 spiro atoms. The summed E-state index contributed by atoms with van der Waals surface area (Å²) in [5.74, 6) is 0.671. The SMILES string of the molecule is N#Cc1ccnc(N2CCOC3CCCC32)n1. The molecule has 2 aliphatic rings. The lowest BCUT2D eigenvalue weighted by Gasteiger charge is -2.37. The second-order valence-corrected chi connectivity index (χ2v) is 4.45. The van der Waals surface area contributed by atoms with Gasteiger partial charge in [0.1, 0.15) is 11.8 Å². The molecule has 2 atom stereocenters. The van der Waals surface area contributed by atoms with Gasteiger partial charge in [-0.3, -0.25) is 0 Å². The van der Waals surface area contributed by atoms with E-state index in [1.807, 2.05) is 0 Å². The van der Waals surface area contributed by atoms with E-state index in [0.29, 0.717) is 23.8 Å². The van der Waals surface area contributed by atoms with Crippen molar-refractivity contribution in [2.24, 2.45) is 0 Å². The molecular weight excluding hydrogens is 216 g/mol. The first kappa shape index (κ1) is 10.5. The van der Waals surface area contributed by atoms with Crippen LogP contribution in [0.1, 0.15) is 25.0 Å². The maximum Gasteiger partial charge on any atom is 0.226 e. The molecule has 5 heteroatoms. The Balaban J connectivity index is 1.89. The van der Waals surface area contributed by atoms with Crippen LogP contribution in [0, 0.1) is 11.3 Å². The minimum absolute atomic E-state index is 0.318. The average molecular weight is 230 g/mol. The number of hydrogen-bond acceptors (Lipinski definition) is 5. The highest BCUT2D eigenvalue weighted by Gasteiger charge is 2.37. The Morgan fingerprint density at radius 3 is 3.29 bits per heavy atom. The Labute approximate surface area is 100 Å². The summed E-state index contributed by atoms with van der Waals surface area (Å²) in [5.41, 5.74) is 0.427. The first-order valence-corrected chi connectivity index (χ1v) is 6.00. The van der Waals surface area contributed by atoms with Crippen LogP contribution in [0.25, 0.3) is 0 Å². The number of nitriles is 1. The molecule has 88 valence electrons. The lowest BCUT2D eigenvalue weighted by Crippen LogP contribution is -2.49. The molecule has 1 saturated heterocycles. The van der Waals surface area contributed by atoms with E-state index in [2.05, 4.69) is 20.9 Å². The van der Waals surface area contributed by atoms with Gasteiger partial charge in [-0.15, -0.1) is 0 Å². The van der Waals surface area contributed by atoms with Crippen molar-refractivity contribution < 1.29 is 4.74 Å². The van der Waals surface area contributed by atoms with Gasteiger partial charge in [-0.05, 0) is 25.3 Å². The van der Waals surface area contributed by atoms with Gasteiger partial charge in [-0.25, -0.2) is 9.97 Å². The predicted octanol–water partition coefficient (Wildman–Crippen LogP) is 1.11. The number of aromatic nitrogens is 2. The smallest absolute Gasteiger partial charge is 0.226 e. The van der Waals surface area contributed by atoms with Gasteiger partial charge in [-0.1, -0.05) is 0 Å². The molecule has 1 aromatic rings. The Hall–Kier alpha value is -1.67. The molecule has 2 unspecified atom stereocenters. The number of nitrogens with zero attached hydrogens (tertiary/aromatic N) is 4. The highest BCUT2D eigenvalue weighted by molar-refractivity contribution is 5.36. The minimum atomic E-state index is 0.318. The zero-order valence-corrected chi connectivity index (χ0v) is 9.54. The lowest BCUT2D eigenvalue weighted by atomic mass is 10.1. The van der Waals surface area contributed by atoms with Gasteiger partial charge < -0.3 is 9.64 Å². The summed E-state index contributed by atoms with van der Waals surface area (Å²) in [6, 6.07) is 4.08. The summed E-state index contributed by atoms with van der Waals surface area (Å²) in [4.78, 5) is 10.7. The van der Waals surface area contributed by atoms with E-state index in [1.165, 1.54) is 6.42 Å². The fraction of sp³-hybridized carbons (Fsp3) is 0.583. The van der Waals surface area contributed by atoms with E-state index in [1.54, 1.807) is 12.3 Å². The molecule has 5 nitrogen and oxygen atoms in total. The zero-order valence-electron chi connectivity index (χ0n) is 9.54. The second kappa shape index (κ2) is 4.30. The van der Waals surface area contributed by atoms with E-state index < -0.39 is 0 Å². The predicted molar refractivity (Wildman–Crippen MR) is 61.5 cm³/mol. The summed E-state index contributed by atoms with van der Waals surface area (Å²) in [5, 5.41) is 8.86. The lowest BCUT2D eigenvalue weighted by molar-refractivity contribution is 0.0250. The quantitative estimate of drug-likeness (QED) is 0.723. The summed E-state index contributed by atoms with van der Waals surface area (Å²) < 4.78 is 5.75. The van der Waals surface area contributed by atoms with Crippen molar-refractivity contribution in [2.45, 2.75) is 31.4 Å². The number of ether oxygens (including phenoxy) is 1. The summed E-state index contributed by atoms with van der Waals surface area (Å²) in [7, 11) is 0. The van der Waals surface area contributed by atoms with Gasteiger partial charge in [-0.2, -0.15) is 5.26 Å². The van der Waals surface area contributed by atoms with E-state index in [-0.39, 0.29) is 0 Å². The third-order valence-electron chi connectivity index (χ3n) is 3.50. The molecular formula is C12H14N4O. The number of rotatable bonds is 1. The van der Waals surface area contributed by atoms with Crippen molar-refractivity contribution in [1.29, 1.82) is 5.26 Å². The van der Waals surface area contributed by atoms with Crippen LogP contribution in [-0.4, -0.2) is 35.3 Å². The van der Waals surface area contributed by atoms with Gasteiger partial charge in [0.15, 0.2) is 0 Å². The van der Waals surface area contributed by atoms with Crippen molar-refractivity contribution in [2.75, 3.05) is 18.1 Å². The highest BCUT2D eigenvalue weighted by atomic mass is 16.5. The van der Waals surface area contributed by atoms with Crippen LogP contribution in [0.2, 0.25) is 0 Å². The molecule has 0 N–H and O–H groups in total. The highest BCUT2D eigenvalue weighted by Crippen LogP contribution is 2.31. The van der Waals surface area contributed by atoms with Gasteiger partial charge in [0, 0.05) is 12.7 Å². The van der Waals surface area contributed by atoms with Crippen LogP contribution in [0.3, 0.4) is 0 Å². The maximum atomic E-state index is 8.86. The summed E-state index contributed by atoms with van der Waals surface area (Å²) >= 11 is 0. The van der Waals surface area contributed by atoms with Gasteiger partial charge in [0.2, 0.25) is 5.95 Å². The average Bonchev–Trinajstić information content (AvgIpc) is 2.87. The van der Waals surface area contributed by atoms with Crippen LogP contribution in [-0.2, 0) is 4.74 Å². The minimum Gasteiger partial charge on any atom is -0.374 e. The zero-order chi connectivity index (χ0) is 11.7. The molecule has 2 fully saturated rings. The van der Waals surface area contributed by atoms with Crippen molar-refractivity contribution in [3.8, 4) is 6.07 Å². The fourth-order valence-electron chi connectivity index (χ4n) is 2.72. The molecule has 2 heterocycles. The van der Waals surface area contributed by atoms with Crippen molar-refractivity contribution >= 4 is 5.95 Å². The molecule has 17 heavy (non-hydrogen) atoms. The third-order valence-corrected chi connectivity index (χ3v) is 3.50. The van der Waals surface area contributed by atoms with Gasteiger partial charge in [0.05, 0.1) is 18.8 Å². The van der Waals surface area contributed by atoms with E-state index in [9.17, 15) is 0 Å². The second-order valence-electron chi connectivity index (χ2n) is 4.45. The monoisotopic (exact) mass is 230 g/mol. The molecule has 0 amide bonds. The molecule has 0 aromatic carbocycles. The molecule has 1 saturated carbocycles. The first-order valence-electron chi connectivity index (χ1n) is 6.00. The van der Waals surface area contributed by atoms with Crippen LogP contribution in [0.4, 0.5) is 5.95 Å². The molecule has 3 rings (SSSR count). The number of fused-ring (bicyclic) bond motifs is 1. The summed E-state index contributed by atoms with van der Waals surface area (Å²) in [6.07, 6.45) is 5.42. The van der Waals surface area contributed by atoms with Gasteiger partial charge in [0.25, 0.3) is 0 Å². The largest absolute Gasteiger partial charge is 0.374 e. The number of morpholine rings is 1. The molecule has 1 aliphatic carbocycles. The standard InChI is InChI=1S/C12H14N4O/c13-8-9-4-5-14-12(15-9)16-6-7-17-11-3-1-2-10(11)16/h4-5,10-11H,1-3,6-7H2. The maximum absolute atomic E-state index is 8.86. The Kier molecular flexibility index (Phi) is 2.65. The molecule has 1 aliphatic heterocycles. The van der Waals surface area contributed by atoms with Crippen molar-refractivity contribution in [1.82, 2.24) is 9.97 Å². The fourth-order valence-corrected chi connectivity index (χ4v) is 2.72. The van der Waals surface area contributed by atoms with Crippen LogP contribution >= 0.6 is 0 Å². The Bertz CT molecular complexity index is 456. The normalized spacial score (nSPS) is 27.6. The number of anilines is 1.